The second-order valence-corrected chi connectivity index (χ2v) is 5.43. The van der Waals surface area contributed by atoms with E-state index in [0.29, 0.717) is 10.0 Å². The molecular formula is C15H13Cl2N3. The van der Waals surface area contributed by atoms with Crippen molar-refractivity contribution in [3.8, 4) is 11.4 Å². The van der Waals surface area contributed by atoms with Gasteiger partial charge in [-0.1, -0.05) is 36.2 Å². The van der Waals surface area contributed by atoms with Crippen LogP contribution < -0.4 is 0 Å². The molecule has 20 heavy (non-hydrogen) atoms. The summed E-state index contributed by atoms with van der Waals surface area (Å²) in [6.45, 7) is 2.98. The lowest BCUT2D eigenvalue weighted by Gasteiger charge is -2.08. The second kappa shape index (κ2) is 5.43. The number of benzene rings is 1. The molecule has 0 atom stereocenters. The third kappa shape index (κ3) is 2.28. The van der Waals surface area contributed by atoms with Crippen molar-refractivity contribution in [1.29, 1.82) is 0 Å². The summed E-state index contributed by atoms with van der Waals surface area (Å²) in [5.41, 5.74) is 2.75. The number of aromatic nitrogens is 3. The molecule has 5 heteroatoms. The lowest BCUT2D eigenvalue weighted by atomic mass is 10.2. The van der Waals surface area contributed by atoms with Gasteiger partial charge in [0.15, 0.2) is 0 Å². The van der Waals surface area contributed by atoms with Crippen molar-refractivity contribution >= 4 is 34.2 Å². The van der Waals surface area contributed by atoms with Crippen LogP contribution in [0.2, 0.25) is 10.0 Å². The predicted molar refractivity (Wildman–Crippen MR) is 83.3 cm³/mol. The van der Waals surface area contributed by atoms with Crippen LogP contribution in [-0.4, -0.2) is 14.5 Å². The zero-order valence-electron chi connectivity index (χ0n) is 11.0. The molecule has 0 unspecified atom stereocenters. The Morgan fingerprint density at radius 3 is 2.80 bits per heavy atom. The van der Waals surface area contributed by atoms with Gasteiger partial charge in [0.05, 0.1) is 21.1 Å². The highest BCUT2D eigenvalue weighted by molar-refractivity contribution is 6.35. The number of imidazole rings is 1. The molecule has 0 aliphatic carbocycles. The first-order valence-electron chi connectivity index (χ1n) is 6.46. The Balaban J connectivity index is 2.30. The SMILES string of the molecule is CCCn1c(-c2cncc(Cl)c2)nc2cccc(Cl)c21. The monoisotopic (exact) mass is 305 g/mol. The lowest BCUT2D eigenvalue weighted by Crippen LogP contribution is -2.00. The summed E-state index contributed by atoms with van der Waals surface area (Å²) in [5, 5.41) is 1.31. The van der Waals surface area contributed by atoms with E-state index in [1.54, 1.807) is 12.4 Å². The van der Waals surface area contributed by atoms with E-state index in [2.05, 4.69) is 21.5 Å². The molecule has 0 aliphatic rings. The van der Waals surface area contributed by atoms with Crippen LogP contribution in [0.5, 0.6) is 0 Å². The summed E-state index contributed by atoms with van der Waals surface area (Å²) in [4.78, 5) is 8.82. The van der Waals surface area contributed by atoms with E-state index in [9.17, 15) is 0 Å². The minimum absolute atomic E-state index is 0.601. The fourth-order valence-electron chi connectivity index (χ4n) is 2.34. The molecule has 3 nitrogen and oxygen atoms in total. The second-order valence-electron chi connectivity index (χ2n) is 4.59. The molecule has 3 rings (SSSR count). The van der Waals surface area contributed by atoms with Gasteiger partial charge in [0, 0.05) is 24.5 Å². The number of hydrogen-bond acceptors (Lipinski definition) is 2. The van der Waals surface area contributed by atoms with Gasteiger partial charge in [-0.2, -0.15) is 0 Å². The molecule has 0 spiro atoms. The third-order valence-corrected chi connectivity index (χ3v) is 3.64. The summed E-state index contributed by atoms with van der Waals surface area (Å²) in [7, 11) is 0. The largest absolute Gasteiger partial charge is 0.323 e. The van der Waals surface area contributed by atoms with Crippen LogP contribution in [0.3, 0.4) is 0 Å². The summed E-state index contributed by atoms with van der Waals surface area (Å²) < 4.78 is 2.13. The van der Waals surface area contributed by atoms with Crippen molar-refractivity contribution in [1.82, 2.24) is 14.5 Å². The van der Waals surface area contributed by atoms with Gasteiger partial charge in [-0.25, -0.2) is 4.98 Å². The molecule has 2 aromatic heterocycles. The minimum atomic E-state index is 0.601. The molecular weight excluding hydrogens is 293 g/mol. The smallest absolute Gasteiger partial charge is 0.142 e. The van der Waals surface area contributed by atoms with Crippen LogP contribution in [0.4, 0.5) is 0 Å². The molecule has 0 bridgehead atoms. The van der Waals surface area contributed by atoms with E-state index in [1.807, 2.05) is 24.3 Å². The lowest BCUT2D eigenvalue weighted by molar-refractivity contribution is 0.704. The molecule has 0 saturated carbocycles. The first-order valence-corrected chi connectivity index (χ1v) is 7.22. The molecule has 0 fully saturated rings. The molecule has 2 heterocycles. The van der Waals surface area contributed by atoms with Crippen LogP contribution in [0.1, 0.15) is 13.3 Å². The van der Waals surface area contributed by atoms with E-state index < -0.39 is 0 Å². The number of halogens is 2. The summed E-state index contributed by atoms with van der Waals surface area (Å²) >= 11 is 12.4. The zero-order valence-corrected chi connectivity index (χ0v) is 12.5. The Kier molecular flexibility index (Phi) is 3.64. The Labute approximate surface area is 127 Å². The Morgan fingerprint density at radius 2 is 2.05 bits per heavy atom. The minimum Gasteiger partial charge on any atom is -0.323 e. The van der Waals surface area contributed by atoms with Crippen molar-refractivity contribution in [3.63, 3.8) is 0 Å². The van der Waals surface area contributed by atoms with Crippen molar-refractivity contribution in [2.24, 2.45) is 0 Å². The Bertz CT molecular complexity index is 765. The zero-order chi connectivity index (χ0) is 14.1. The van der Waals surface area contributed by atoms with Gasteiger partial charge in [0.25, 0.3) is 0 Å². The van der Waals surface area contributed by atoms with Gasteiger partial charge in [-0.15, -0.1) is 0 Å². The van der Waals surface area contributed by atoms with E-state index in [-0.39, 0.29) is 0 Å². The highest BCUT2D eigenvalue weighted by atomic mass is 35.5. The number of hydrogen-bond donors (Lipinski definition) is 0. The summed E-state index contributed by atoms with van der Waals surface area (Å²) in [5.74, 6) is 0.852. The van der Waals surface area contributed by atoms with E-state index in [1.165, 1.54) is 0 Å². The van der Waals surface area contributed by atoms with Crippen molar-refractivity contribution in [3.05, 3.63) is 46.7 Å². The molecule has 0 amide bonds. The molecule has 0 saturated heterocycles. The molecule has 1 aromatic carbocycles. The maximum Gasteiger partial charge on any atom is 0.142 e. The first-order chi connectivity index (χ1) is 9.70. The van der Waals surface area contributed by atoms with Gasteiger partial charge in [0.1, 0.15) is 5.82 Å². The number of fused-ring (bicyclic) bond motifs is 1. The van der Waals surface area contributed by atoms with Gasteiger partial charge >= 0.3 is 0 Å². The van der Waals surface area contributed by atoms with Crippen molar-refractivity contribution < 1.29 is 0 Å². The average molecular weight is 306 g/mol. The van der Waals surface area contributed by atoms with Gasteiger partial charge in [-0.05, 0) is 24.6 Å². The van der Waals surface area contributed by atoms with Crippen molar-refractivity contribution in [2.45, 2.75) is 19.9 Å². The number of rotatable bonds is 3. The van der Waals surface area contributed by atoms with E-state index in [0.717, 1.165) is 35.4 Å². The van der Waals surface area contributed by atoms with Crippen LogP contribution in [0.25, 0.3) is 22.4 Å². The molecule has 0 N–H and O–H groups in total. The number of para-hydroxylation sites is 1. The van der Waals surface area contributed by atoms with E-state index >= 15 is 0 Å². The van der Waals surface area contributed by atoms with Gasteiger partial charge in [-0.3, -0.25) is 4.98 Å². The quantitative estimate of drug-likeness (QED) is 0.695. The summed E-state index contributed by atoms with van der Waals surface area (Å²) in [6.07, 6.45) is 4.38. The third-order valence-electron chi connectivity index (χ3n) is 3.13. The van der Waals surface area contributed by atoms with Crippen LogP contribution in [0, 0.1) is 0 Å². The van der Waals surface area contributed by atoms with Crippen molar-refractivity contribution in [2.75, 3.05) is 0 Å². The Hall–Kier alpha value is -1.58. The molecule has 3 aromatic rings. The average Bonchev–Trinajstić information content (AvgIpc) is 2.80. The number of pyridine rings is 1. The standard InChI is InChI=1S/C15H13Cl2N3/c1-2-6-20-14-12(17)4-3-5-13(14)19-15(20)10-7-11(16)9-18-8-10/h3-5,7-9H,2,6H2,1H3. The number of aryl methyl sites for hydroxylation is 1. The predicted octanol–water partition coefficient (Wildman–Crippen LogP) is 4.82. The topological polar surface area (TPSA) is 30.7 Å². The Morgan fingerprint density at radius 1 is 1.20 bits per heavy atom. The molecule has 0 aliphatic heterocycles. The number of nitrogens with zero attached hydrogens (tertiary/aromatic N) is 3. The summed E-state index contributed by atoms with van der Waals surface area (Å²) in [6, 6.07) is 7.64. The van der Waals surface area contributed by atoms with Crippen LogP contribution in [0.15, 0.2) is 36.7 Å². The molecule has 0 radical (unpaired) electrons. The fourth-order valence-corrected chi connectivity index (χ4v) is 2.78. The maximum absolute atomic E-state index is 6.33. The highest BCUT2D eigenvalue weighted by Gasteiger charge is 2.14. The molecule has 102 valence electrons. The maximum atomic E-state index is 6.33. The highest BCUT2D eigenvalue weighted by Crippen LogP contribution is 2.30. The van der Waals surface area contributed by atoms with E-state index in [4.69, 9.17) is 23.2 Å². The van der Waals surface area contributed by atoms with Crippen LogP contribution in [-0.2, 0) is 6.54 Å². The normalized spacial score (nSPS) is 11.2. The van der Waals surface area contributed by atoms with Crippen LogP contribution >= 0.6 is 23.2 Å². The van der Waals surface area contributed by atoms with Gasteiger partial charge in [0.2, 0.25) is 0 Å². The fraction of sp³-hybridized carbons (Fsp3) is 0.200. The first kappa shape index (κ1) is 13.4. The van der Waals surface area contributed by atoms with Gasteiger partial charge < -0.3 is 4.57 Å².